The number of hydrogen-bond donors (Lipinski definition) is 1. The van der Waals surface area contributed by atoms with E-state index < -0.39 is 0 Å². The first-order valence-electron chi connectivity index (χ1n) is 6.88. The number of nitrogens with one attached hydrogen (secondary N) is 1. The highest BCUT2D eigenvalue weighted by Gasteiger charge is 2.31. The first kappa shape index (κ1) is 13.0. The summed E-state index contributed by atoms with van der Waals surface area (Å²) >= 11 is 0. The van der Waals surface area contributed by atoms with E-state index in [1.165, 1.54) is 38.6 Å². The Kier molecular flexibility index (Phi) is 5.66. The van der Waals surface area contributed by atoms with Gasteiger partial charge in [-0.15, -0.1) is 0 Å². The van der Waals surface area contributed by atoms with Crippen molar-refractivity contribution in [2.24, 2.45) is 17.8 Å². The fraction of sp³-hybridized carbons (Fsp3) is 1.00. The zero-order valence-electron chi connectivity index (χ0n) is 11.1. The molecule has 1 nitrogen and oxygen atoms in total. The van der Waals surface area contributed by atoms with Crippen LogP contribution in [0.1, 0.15) is 59.8 Å². The van der Waals surface area contributed by atoms with Crippen LogP contribution in [0.2, 0.25) is 0 Å². The fourth-order valence-corrected chi connectivity index (χ4v) is 2.85. The highest BCUT2D eigenvalue weighted by Crippen LogP contribution is 2.29. The molecule has 0 aromatic heterocycles. The molecule has 4 unspecified atom stereocenters. The second kappa shape index (κ2) is 6.52. The van der Waals surface area contributed by atoms with Gasteiger partial charge in [-0.2, -0.15) is 0 Å². The van der Waals surface area contributed by atoms with Crippen LogP contribution in [0.3, 0.4) is 0 Å². The maximum absolute atomic E-state index is 3.46. The molecule has 0 aromatic rings. The summed E-state index contributed by atoms with van der Waals surface area (Å²) in [7, 11) is 0. The third-order valence-electron chi connectivity index (χ3n) is 4.12. The molecule has 0 radical (unpaired) electrons. The summed E-state index contributed by atoms with van der Waals surface area (Å²) in [5.74, 6) is 2.79. The molecule has 0 aliphatic carbocycles. The molecule has 1 rings (SSSR count). The largest absolute Gasteiger partial charge is 0.314 e. The Morgan fingerprint density at radius 1 is 1.27 bits per heavy atom. The smallest absolute Gasteiger partial charge is 0.00818 e. The number of rotatable bonds is 7. The van der Waals surface area contributed by atoms with Crippen molar-refractivity contribution < 1.29 is 0 Å². The van der Waals surface area contributed by atoms with E-state index in [1.54, 1.807) is 0 Å². The summed E-state index contributed by atoms with van der Waals surface area (Å²) in [4.78, 5) is 0. The van der Waals surface area contributed by atoms with Crippen molar-refractivity contribution in [3.63, 3.8) is 0 Å². The minimum atomic E-state index is 0.767. The van der Waals surface area contributed by atoms with Gasteiger partial charge in [-0.25, -0.2) is 0 Å². The van der Waals surface area contributed by atoms with E-state index >= 15 is 0 Å². The Labute approximate surface area is 96.0 Å². The molecule has 1 saturated heterocycles. The Hall–Kier alpha value is -0.0400. The van der Waals surface area contributed by atoms with Crippen molar-refractivity contribution in [3.8, 4) is 0 Å². The van der Waals surface area contributed by atoms with Gasteiger partial charge in [0, 0.05) is 6.04 Å². The SMILES string of the molecule is CCCCCC(C)CC(C)C1CNC1C. The Morgan fingerprint density at radius 2 is 2.00 bits per heavy atom. The first-order valence-corrected chi connectivity index (χ1v) is 6.88. The van der Waals surface area contributed by atoms with Gasteiger partial charge in [-0.3, -0.25) is 0 Å². The van der Waals surface area contributed by atoms with Crippen LogP contribution in [-0.2, 0) is 0 Å². The van der Waals surface area contributed by atoms with Gasteiger partial charge in [0.1, 0.15) is 0 Å². The van der Waals surface area contributed by atoms with E-state index in [2.05, 4.69) is 33.0 Å². The number of hydrogen-bond acceptors (Lipinski definition) is 1. The molecule has 15 heavy (non-hydrogen) atoms. The predicted octanol–water partition coefficient (Wildman–Crippen LogP) is 3.84. The maximum Gasteiger partial charge on any atom is 0.00818 e. The van der Waals surface area contributed by atoms with E-state index in [0.29, 0.717) is 0 Å². The van der Waals surface area contributed by atoms with Gasteiger partial charge in [0.15, 0.2) is 0 Å². The Bertz CT molecular complexity index is 167. The molecule has 0 saturated carbocycles. The molecule has 4 atom stereocenters. The molecule has 1 N–H and O–H groups in total. The van der Waals surface area contributed by atoms with Gasteiger partial charge in [-0.05, 0) is 37.6 Å². The van der Waals surface area contributed by atoms with Crippen molar-refractivity contribution in [1.82, 2.24) is 5.32 Å². The van der Waals surface area contributed by atoms with Crippen molar-refractivity contribution in [2.75, 3.05) is 6.54 Å². The molecule has 0 bridgehead atoms. The molecule has 0 amide bonds. The molecule has 0 aromatic carbocycles. The molecule has 1 aliphatic heterocycles. The fourth-order valence-electron chi connectivity index (χ4n) is 2.85. The summed E-state index contributed by atoms with van der Waals surface area (Å²) < 4.78 is 0. The lowest BCUT2D eigenvalue weighted by molar-refractivity contribution is 0.153. The van der Waals surface area contributed by atoms with Crippen molar-refractivity contribution in [2.45, 2.75) is 65.8 Å². The molecule has 1 fully saturated rings. The minimum absolute atomic E-state index is 0.767. The van der Waals surface area contributed by atoms with Crippen LogP contribution < -0.4 is 5.32 Å². The van der Waals surface area contributed by atoms with Crippen LogP contribution in [0.25, 0.3) is 0 Å². The maximum atomic E-state index is 3.46. The summed E-state index contributed by atoms with van der Waals surface area (Å²) in [6, 6.07) is 0.767. The summed E-state index contributed by atoms with van der Waals surface area (Å²) in [6.45, 7) is 10.7. The van der Waals surface area contributed by atoms with Gasteiger partial charge >= 0.3 is 0 Å². The minimum Gasteiger partial charge on any atom is -0.314 e. The summed E-state index contributed by atoms with van der Waals surface area (Å²) in [5.41, 5.74) is 0. The molecule has 1 aliphatic rings. The zero-order valence-corrected chi connectivity index (χ0v) is 11.1. The van der Waals surface area contributed by atoms with Crippen molar-refractivity contribution >= 4 is 0 Å². The molecule has 90 valence electrons. The second-order valence-corrected chi connectivity index (χ2v) is 5.67. The lowest BCUT2D eigenvalue weighted by atomic mass is 9.77. The van der Waals surface area contributed by atoms with E-state index in [-0.39, 0.29) is 0 Å². The van der Waals surface area contributed by atoms with Crippen LogP contribution >= 0.6 is 0 Å². The second-order valence-electron chi connectivity index (χ2n) is 5.67. The molecule has 1 heterocycles. The van der Waals surface area contributed by atoms with Gasteiger partial charge < -0.3 is 5.32 Å². The van der Waals surface area contributed by atoms with Crippen LogP contribution in [-0.4, -0.2) is 12.6 Å². The molecular formula is C14H29N. The highest BCUT2D eigenvalue weighted by atomic mass is 15.0. The Morgan fingerprint density at radius 3 is 2.47 bits per heavy atom. The van der Waals surface area contributed by atoms with E-state index in [4.69, 9.17) is 0 Å². The van der Waals surface area contributed by atoms with Gasteiger partial charge in [0.05, 0.1) is 0 Å². The van der Waals surface area contributed by atoms with Crippen LogP contribution in [0.15, 0.2) is 0 Å². The lowest BCUT2D eigenvalue weighted by Gasteiger charge is -2.40. The lowest BCUT2D eigenvalue weighted by Crippen LogP contribution is -2.53. The summed E-state index contributed by atoms with van der Waals surface area (Å²) in [6.07, 6.45) is 7.07. The van der Waals surface area contributed by atoms with Gasteiger partial charge in [-0.1, -0.05) is 46.5 Å². The Balaban J connectivity index is 2.10. The molecule has 1 heteroatoms. The quantitative estimate of drug-likeness (QED) is 0.631. The molecule has 0 spiro atoms. The molecular weight excluding hydrogens is 182 g/mol. The average molecular weight is 211 g/mol. The van der Waals surface area contributed by atoms with Crippen LogP contribution in [0.4, 0.5) is 0 Å². The third-order valence-corrected chi connectivity index (χ3v) is 4.12. The summed E-state index contributed by atoms with van der Waals surface area (Å²) in [5, 5.41) is 3.46. The van der Waals surface area contributed by atoms with Crippen LogP contribution in [0, 0.1) is 17.8 Å². The zero-order chi connectivity index (χ0) is 11.3. The van der Waals surface area contributed by atoms with Crippen molar-refractivity contribution in [3.05, 3.63) is 0 Å². The predicted molar refractivity (Wildman–Crippen MR) is 68.0 cm³/mol. The van der Waals surface area contributed by atoms with Crippen molar-refractivity contribution in [1.29, 1.82) is 0 Å². The third kappa shape index (κ3) is 4.14. The van der Waals surface area contributed by atoms with E-state index in [9.17, 15) is 0 Å². The average Bonchev–Trinajstić information content (AvgIpc) is 2.15. The van der Waals surface area contributed by atoms with Gasteiger partial charge in [0.25, 0.3) is 0 Å². The van der Waals surface area contributed by atoms with E-state index in [0.717, 1.165) is 23.8 Å². The highest BCUT2D eigenvalue weighted by molar-refractivity contribution is 4.88. The first-order chi connectivity index (χ1) is 7.15. The normalized spacial score (nSPS) is 29.6. The van der Waals surface area contributed by atoms with Gasteiger partial charge in [0.2, 0.25) is 0 Å². The topological polar surface area (TPSA) is 12.0 Å². The monoisotopic (exact) mass is 211 g/mol. The number of unbranched alkanes of at least 4 members (excludes halogenated alkanes) is 2. The standard InChI is InChI=1S/C14H29N/c1-5-6-7-8-11(2)9-12(3)14-10-15-13(14)4/h11-15H,5-10H2,1-4H3. The van der Waals surface area contributed by atoms with Crippen LogP contribution in [0.5, 0.6) is 0 Å². The van der Waals surface area contributed by atoms with E-state index in [1.807, 2.05) is 0 Å².